The predicted octanol–water partition coefficient (Wildman–Crippen LogP) is 1.11. The van der Waals surface area contributed by atoms with Crippen molar-refractivity contribution in [1.82, 2.24) is 10.3 Å². The van der Waals surface area contributed by atoms with Gasteiger partial charge < -0.3 is 9.64 Å². The van der Waals surface area contributed by atoms with Crippen LogP contribution in [0, 0.1) is 5.92 Å². The first-order valence-corrected chi connectivity index (χ1v) is 7.11. The molecule has 0 bridgehead atoms. The molecule has 1 aliphatic carbocycles. The van der Waals surface area contributed by atoms with E-state index in [1.807, 2.05) is 0 Å². The largest absolute Gasteiger partial charge is 0.384 e. The van der Waals surface area contributed by atoms with Crippen molar-refractivity contribution in [1.29, 1.82) is 0 Å². The van der Waals surface area contributed by atoms with E-state index in [2.05, 4.69) is 10.3 Å². The number of hydrogen-bond donors (Lipinski definition) is 2. The van der Waals surface area contributed by atoms with Crippen molar-refractivity contribution >= 4 is 5.96 Å². The molecule has 1 saturated heterocycles. The van der Waals surface area contributed by atoms with E-state index in [0.29, 0.717) is 12.0 Å². The molecule has 2 fully saturated rings. The van der Waals surface area contributed by atoms with E-state index >= 15 is 0 Å². The zero-order valence-electron chi connectivity index (χ0n) is 11.4. The van der Waals surface area contributed by atoms with Gasteiger partial charge in [-0.3, -0.25) is 5.43 Å². The molecule has 1 aliphatic heterocycles. The van der Waals surface area contributed by atoms with Crippen molar-refractivity contribution in [2.24, 2.45) is 16.8 Å². The van der Waals surface area contributed by atoms with Gasteiger partial charge in [0.2, 0.25) is 5.96 Å². The number of aliphatic imine (C=N–C) groups is 1. The number of likely N-dealkylation sites (tertiary alicyclic amines) is 1. The average molecular weight is 254 g/mol. The number of methoxy groups -OCH3 is 1. The average Bonchev–Trinajstić information content (AvgIpc) is 2.89. The molecule has 0 amide bonds. The fourth-order valence-electron chi connectivity index (χ4n) is 3.05. The van der Waals surface area contributed by atoms with E-state index in [-0.39, 0.29) is 0 Å². The highest BCUT2D eigenvalue weighted by molar-refractivity contribution is 5.79. The number of guanidine groups is 1. The summed E-state index contributed by atoms with van der Waals surface area (Å²) in [6, 6.07) is 0.471. The van der Waals surface area contributed by atoms with Gasteiger partial charge in [-0.05, 0) is 31.6 Å². The molecule has 0 radical (unpaired) electrons. The summed E-state index contributed by atoms with van der Waals surface area (Å²) in [6.07, 6.45) is 7.46. The molecule has 0 spiro atoms. The molecule has 5 nitrogen and oxygen atoms in total. The number of hydrazine groups is 1. The van der Waals surface area contributed by atoms with Crippen molar-refractivity contribution in [3.8, 4) is 0 Å². The van der Waals surface area contributed by atoms with Crippen LogP contribution < -0.4 is 11.3 Å². The summed E-state index contributed by atoms with van der Waals surface area (Å²) in [5, 5.41) is 0. The van der Waals surface area contributed by atoms with Gasteiger partial charge in [-0.1, -0.05) is 12.8 Å². The summed E-state index contributed by atoms with van der Waals surface area (Å²) < 4.78 is 5.26. The highest BCUT2D eigenvalue weighted by atomic mass is 16.5. The van der Waals surface area contributed by atoms with Crippen LogP contribution in [0.1, 0.15) is 38.5 Å². The first kappa shape index (κ1) is 13.6. The molecule has 2 rings (SSSR count). The van der Waals surface area contributed by atoms with Gasteiger partial charge in [-0.15, -0.1) is 0 Å². The van der Waals surface area contributed by atoms with Crippen molar-refractivity contribution < 1.29 is 4.74 Å². The topological polar surface area (TPSA) is 62.9 Å². The molecule has 1 heterocycles. The molecule has 3 N–H and O–H groups in total. The fraction of sp³-hybridized carbons (Fsp3) is 0.923. The van der Waals surface area contributed by atoms with Gasteiger partial charge in [0.1, 0.15) is 0 Å². The molecule has 1 atom stereocenters. The van der Waals surface area contributed by atoms with E-state index in [1.54, 1.807) is 7.11 Å². The maximum atomic E-state index is 5.65. The van der Waals surface area contributed by atoms with Gasteiger partial charge in [0.05, 0.1) is 12.6 Å². The second-order valence-corrected chi connectivity index (χ2v) is 5.44. The lowest BCUT2D eigenvalue weighted by Gasteiger charge is -2.34. The Bertz CT molecular complexity index is 274. The van der Waals surface area contributed by atoms with Crippen LogP contribution in [0.5, 0.6) is 0 Å². The number of piperidine rings is 1. The van der Waals surface area contributed by atoms with Crippen LogP contribution >= 0.6 is 0 Å². The minimum absolute atomic E-state index is 0.471. The molecule has 18 heavy (non-hydrogen) atoms. The molecule has 1 saturated carbocycles. The van der Waals surface area contributed by atoms with Gasteiger partial charge in [-0.25, -0.2) is 10.8 Å². The highest BCUT2D eigenvalue weighted by Gasteiger charge is 2.23. The smallest absolute Gasteiger partial charge is 0.208 e. The second-order valence-electron chi connectivity index (χ2n) is 5.44. The van der Waals surface area contributed by atoms with Gasteiger partial charge >= 0.3 is 0 Å². The Kier molecular flexibility index (Phi) is 5.26. The molecule has 5 heteroatoms. The van der Waals surface area contributed by atoms with E-state index in [9.17, 15) is 0 Å². The normalized spacial score (nSPS) is 26.7. The molecule has 0 aromatic carbocycles. The quantitative estimate of drug-likeness (QED) is 0.343. The first-order chi connectivity index (χ1) is 8.83. The van der Waals surface area contributed by atoms with Crippen LogP contribution in [0.2, 0.25) is 0 Å². The Morgan fingerprint density at radius 3 is 2.78 bits per heavy atom. The summed E-state index contributed by atoms with van der Waals surface area (Å²) >= 11 is 0. The molecule has 104 valence electrons. The second kappa shape index (κ2) is 6.95. The molecule has 1 unspecified atom stereocenters. The number of nitrogens with one attached hydrogen (secondary N) is 1. The summed E-state index contributed by atoms with van der Waals surface area (Å²) in [4.78, 5) is 7.06. The SMILES string of the molecule is COCC1CCCN(C(=NC2CCCC2)NN)C1. The number of nitrogens with two attached hydrogens (primary N) is 1. The van der Waals surface area contributed by atoms with Crippen LogP contribution in [0.15, 0.2) is 4.99 Å². The van der Waals surface area contributed by atoms with Crippen LogP contribution in [-0.2, 0) is 4.74 Å². The monoisotopic (exact) mass is 254 g/mol. The lowest BCUT2D eigenvalue weighted by atomic mass is 9.99. The van der Waals surface area contributed by atoms with Crippen LogP contribution in [0.25, 0.3) is 0 Å². The third-order valence-corrected chi connectivity index (χ3v) is 3.98. The van der Waals surface area contributed by atoms with Crippen LogP contribution in [-0.4, -0.2) is 43.7 Å². The van der Waals surface area contributed by atoms with Crippen molar-refractivity contribution in [3.63, 3.8) is 0 Å². The Labute approximate surface area is 110 Å². The van der Waals surface area contributed by atoms with E-state index in [1.165, 1.54) is 38.5 Å². The molecular formula is C13H26N4O. The standard InChI is InChI=1S/C13H26N4O/c1-18-10-11-5-4-8-17(9-11)13(16-14)15-12-6-2-3-7-12/h11-12H,2-10,14H2,1H3,(H,15,16). The summed E-state index contributed by atoms with van der Waals surface area (Å²) in [7, 11) is 1.77. The Hall–Kier alpha value is -0.810. The van der Waals surface area contributed by atoms with Gasteiger partial charge in [-0.2, -0.15) is 0 Å². The first-order valence-electron chi connectivity index (χ1n) is 7.11. The fourth-order valence-corrected chi connectivity index (χ4v) is 3.05. The minimum atomic E-state index is 0.471. The minimum Gasteiger partial charge on any atom is -0.384 e. The number of rotatable bonds is 3. The third-order valence-electron chi connectivity index (χ3n) is 3.98. The van der Waals surface area contributed by atoms with Gasteiger partial charge in [0, 0.05) is 20.2 Å². The zero-order valence-corrected chi connectivity index (χ0v) is 11.4. The number of hydrogen-bond acceptors (Lipinski definition) is 3. The van der Waals surface area contributed by atoms with Crippen LogP contribution in [0.4, 0.5) is 0 Å². The summed E-state index contributed by atoms with van der Waals surface area (Å²) in [5.74, 6) is 7.13. The lowest BCUT2D eigenvalue weighted by molar-refractivity contribution is 0.114. The highest BCUT2D eigenvalue weighted by Crippen LogP contribution is 2.22. The van der Waals surface area contributed by atoms with Crippen LogP contribution in [0.3, 0.4) is 0 Å². The number of nitrogens with zero attached hydrogens (tertiary/aromatic N) is 2. The summed E-state index contributed by atoms with van der Waals surface area (Å²) in [5.41, 5.74) is 2.80. The maximum absolute atomic E-state index is 5.65. The predicted molar refractivity (Wildman–Crippen MR) is 73.2 cm³/mol. The Morgan fingerprint density at radius 2 is 2.11 bits per heavy atom. The van der Waals surface area contributed by atoms with E-state index in [0.717, 1.165) is 25.7 Å². The third kappa shape index (κ3) is 3.59. The lowest BCUT2D eigenvalue weighted by Crippen LogP contribution is -2.50. The molecule has 2 aliphatic rings. The van der Waals surface area contributed by atoms with Crippen molar-refractivity contribution in [2.75, 3.05) is 26.8 Å². The maximum Gasteiger partial charge on any atom is 0.208 e. The van der Waals surface area contributed by atoms with Crippen molar-refractivity contribution in [3.05, 3.63) is 0 Å². The van der Waals surface area contributed by atoms with Gasteiger partial charge in [0.25, 0.3) is 0 Å². The Balaban J connectivity index is 1.93. The molecule has 0 aromatic heterocycles. The van der Waals surface area contributed by atoms with Crippen molar-refractivity contribution in [2.45, 2.75) is 44.6 Å². The summed E-state index contributed by atoms with van der Waals surface area (Å²) in [6.45, 7) is 2.89. The van der Waals surface area contributed by atoms with E-state index < -0.39 is 0 Å². The zero-order chi connectivity index (χ0) is 12.8. The molecular weight excluding hydrogens is 228 g/mol. The van der Waals surface area contributed by atoms with E-state index in [4.69, 9.17) is 15.6 Å². The van der Waals surface area contributed by atoms with Gasteiger partial charge in [0.15, 0.2) is 0 Å². The number of ether oxygens (including phenoxy) is 1. The Morgan fingerprint density at radius 1 is 1.33 bits per heavy atom. The molecule has 0 aromatic rings.